The van der Waals surface area contributed by atoms with Gasteiger partial charge in [0.1, 0.15) is 0 Å². The summed E-state index contributed by atoms with van der Waals surface area (Å²) in [6, 6.07) is 5.89. The van der Waals surface area contributed by atoms with Crippen molar-refractivity contribution in [1.29, 1.82) is 0 Å². The summed E-state index contributed by atoms with van der Waals surface area (Å²) in [5.74, 6) is 1.07. The second kappa shape index (κ2) is 6.61. The molecule has 5 heteroatoms. The van der Waals surface area contributed by atoms with Crippen molar-refractivity contribution in [2.45, 2.75) is 38.3 Å². The molecule has 1 aromatic rings. The summed E-state index contributed by atoms with van der Waals surface area (Å²) in [4.78, 5) is 11.4. The Balaban J connectivity index is 1.86. The lowest BCUT2D eigenvalue weighted by atomic mass is 10.2. The van der Waals surface area contributed by atoms with Gasteiger partial charge in [-0.15, -0.1) is 0 Å². The molecule has 1 aromatic carbocycles. The summed E-state index contributed by atoms with van der Waals surface area (Å²) in [5.41, 5.74) is 6.50. The fraction of sp³-hybridized carbons (Fsp3) is 0.533. The Hall–Kier alpha value is -1.75. The SMILES string of the molecule is COc1cc(C)ccc1OCCC(NC1CC1)C(N)=O. The number of rotatable bonds is 8. The van der Waals surface area contributed by atoms with Gasteiger partial charge in [-0.25, -0.2) is 0 Å². The van der Waals surface area contributed by atoms with E-state index in [1.54, 1.807) is 7.11 Å². The average molecular weight is 278 g/mol. The lowest BCUT2D eigenvalue weighted by Crippen LogP contribution is -2.43. The topological polar surface area (TPSA) is 73.6 Å². The number of ether oxygens (including phenoxy) is 2. The lowest BCUT2D eigenvalue weighted by molar-refractivity contribution is -0.120. The van der Waals surface area contributed by atoms with Gasteiger partial charge < -0.3 is 20.5 Å². The number of amides is 1. The van der Waals surface area contributed by atoms with Crippen molar-refractivity contribution in [3.05, 3.63) is 23.8 Å². The Bertz CT molecular complexity index is 472. The fourth-order valence-electron chi connectivity index (χ4n) is 2.02. The lowest BCUT2D eigenvalue weighted by Gasteiger charge is -2.16. The number of benzene rings is 1. The number of nitrogens with two attached hydrogens (primary N) is 1. The molecule has 110 valence electrons. The van der Waals surface area contributed by atoms with Crippen LogP contribution in [0.4, 0.5) is 0 Å². The number of methoxy groups -OCH3 is 1. The largest absolute Gasteiger partial charge is 0.493 e. The quantitative estimate of drug-likeness (QED) is 0.753. The van der Waals surface area contributed by atoms with Gasteiger partial charge in [-0.3, -0.25) is 4.79 Å². The maximum absolute atomic E-state index is 11.4. The maximum atomic E-state index is 11.4. The molecule has 3 N–H and O–H groups in total. The first-order valence-corrected chi connectivity index (χ1v) is 6.93. The third-order valence-electron chi connectivity index (χ3n) is 3.34. The predicted molar refractivity (Wildman–Crippen MR) is 77.0 cm³/mol. The summed E-state index contributed by atoms with van der Waals surface area (Å²) in [6.45, 7) is 2.42. The van der Waals surface area contributed by atoms with E-state index >= 15 is 0 Å². The maximum Gasteiger partial charge on any atom is 0.234 e. The van der Waals surface area contributed by atoms with E-state index in [1.165, 1.54) is 0 Å². The first-order chi connectivity index (χ1) is 9.60. The van der Waals surface area contributed by atoms with E-state index < -0.39 is 0 Å². The van der Waals surface area contributed by atoms with Crippen LogP contribution in [0.15, 0.2) is 18.2 Å². The summed E-state index contributed by atoms with van der Waals surface area (Å²) < 4.78 is 11.0. The monoisotopic (exact) mass is 278 g/mol. The number of aryl methyl sites for hydroxylation is 1. The van der Waals surface area contributed by atoms with Gasteiger partial charge in [-0.1, -0.05) is 6.07 Å². The van der Waals surface area contributed by atoms with Crippen LogP contribution in [0, 0.1) is 6.92 Å². The van der Waals surface area contributed by atoms with Crippen LogP contribution in [-0.4, -0.2) is 31.7 Å². The number of nitrogens with one attached hydrogen (secondary N) is 1. The van der Waals surface area contributed by atoms with Crippen molar-refractivity contribution < 1.29 is 14.3 Å². The van der Waals surface area contributed by atoms with Crippen LogP contribution in [0.5, 0.6) is 11.5 Å². The van der Waals surface area contributed by atoms with Crippen LogP contribution in [0.1, 0.15) is 24.8 Å². The highest BCUT2D eigenvalue weighted by Gasteiger charge is 2.27. The zero-order valence-electron chi connectivity index (χ0n) is 12.0. The van der Waals surface area contributed by atoms with Crippen LogP contribution in [0.2, 0.25) is 0 Å². The predicted octanol–water partition coefficient (Wildman–Crippen LogP) is 1.38. The molecule has 0 spiro atoms. The van der Waals surface area contributed by atoms with Gasteiger partial charge in [0, 0.05) is 12.5 Å². The van der Waals surface area contributed by atoms with Crippen molar-refractivity contribution in [3.63, 3.8) is 0 Å². The second-order valence-electron chi connectivity index (χ2n) is 5.19. The number of primary amides is 1. The molecule has 1 saturated carbocycles. The van der Waals surface area contributed by atoms with Gasteiger partial charge in [-0.05, 0) is 37.5 Å². The van der Waals surface area contributed by atoms with Crippen LogP contribution < -0.4 is 20.5 Å². The second-order valence-corrected chi connectivity index (χ2v) is 5.19. The molecule has 2 rings (SSSR count). The van der Waals surface area contributed by atoms with Gasteiger partial charge in [0.05, 0.1) is 19.8 Å². The van der Waals surface area contributed by atoms with Crippen molar-refractivity contribution in [1.82, 2.24) is 5.32 Å². The summed E-state index contributed by atoms with van der Waals surface area (Å²) in [7, 11) is 1.61. The Morgan fingerprint density at radius 1 is 1.45 bits per heavy atom. The number of hydrogen-bond donors (Lipinski definition) is 2. The Kier molecular flexibility index (Phi) is 4.84. The molecule has 0 aliphatic heterocycles. The first kappa shape index (κ1) is 14.7. The molecule has 1 atom stereocenters. The molecule has 1 fully saturated rings. The molecule has 0 radical (unpaired) electrons. The molecule has 5 nitrogen and oxygen atoms in total. The summed E-state index contributed by atoms with van der Waals surface area (Å²) in [6.07, 6.45) is 2.80. The number of carbonyl (C=O) groups is 1. The van der Waals surface area contributed by atoms with E-state index in [-0.39, 0.29) is 11.9 Å². The van der Waals surface area contributed by atoms with Gasteiger partial charge in [0.25, 0.3) is 0 Å². The fourth-order valence-corrected chi connectivity index (χ4v) is 2.02. The highest BCUT2D eigenvalue weighted by molar-refractivity contribution is 5.79. The minimum atomic E-state index is -0.323. The highest BCUT2D eigenvalue weighted by Crippen LogP contribution is 2.28. The van der Waals surface area contributed by atoms with Crippen molar-refractivity contribution in [2.75, 3.05) is 13.7 Å². The smallest absolute Gasteiger partial charge is 0.234 e. The van der Waals surface area contributed by atoms with E-state index in [1.807, 2.05) is 25.1 Å². The van der Waals surface area contributed by atoms with Gasteiger partial charge in [-0.2, -0.15) is 0 Å². The van der Waals surface area contributed by atoms with E-state index in [4.69, 9.17) is 15.2 Å². The molecule has 1 aliphatic rings. The molecular formula is C15H22N2O3. The molecule has 0 aromatic heterocycles. The van der Waals surface area contributed by atoms with Gasteiger partial charge >= 0.3 is 0 Å². The Morgan fingerprint density at radius 2 is 2.20 bits per heavy atom. The summed E-state index contributed by atoms with van der Waals surface area (Å²) in [5, 5.41) is 3.23. The molecule has 0 saturated heterocycles. The van der Waals surface area contributed by atoms with Gasteiger partial charge in [0.15, 0.2) is 11.5 Å². The minimum Gasteiger partial charge on any atom is -0.493 e. The first-order valence-electron chi connectivity index (χ1n) is 6.93. The average Bonchev–Trinajstić information content (AvgIpc) is 3.22. The van der Waals surface area contributed by atoms with Crippen LogP contribution in [-0.2, 0) is 4.79 Å². The molecule has 20 heavy (non-hydrogen) atoms. The Morgan fingerprint density at radius 3 is 2.80 bits per heavy atom. The number of carbonyl (C=O) groups excluding carboxylic acids is 1. The van der Waals surface area contributed by atoms with Crippen molar-refractivity contribution in [2.24, 2.45) is 5.73 Å². The molecule has 0 heterocycles. The van der Waals surface area contributed by atoms with Crippen LogP contribution in [0.3, 0.4) is 0 Å². The number of hydrogen-bond acceptors (Lipinski definition) is 4. The molecule has 1 aliphatic carbocycles. The normalized spacial score (nSPS) is 15.7. The standard InChI is InChI=1S/C15H22N2O3/c1-10-3-6-13(14(9-10)19-2)20-8-7-12(15(16)18)17-11-4-5-11/h3,6,9,11-12,17H,4-5,7-8H2,1-2H3,(H2,16,18). The molecule has 0 bridgehead atoms. The zero-order chi connectivity index (χ0) is 14.5. The third kappa shape index (κ3) is 4.13. The summed E-state index contributed by atoms with van der Waals surface area (Å²) >= 11 is 0. The van der Waals surface area contributed by atoms with Crippen molar-refractivity contribution in [3.8, 4) is 11.5 Å². The minimum absolute atomic E-state index is 0.320. The van der Waals surface area contributed by atoms with Crippen molar-refractivity contribution >= 4 is 5.91 Å². The molecular weight excluding hydrogens is 256 g/mol. The van der Waals surface area contributed by atoms with Crippen LogP contribution >= 0.6 is 0 Å². The van der Waals surface area contributed by atoms with E-state index in [9.17, 15) is 4.79 Å². The van der Waals surface area contributed by atoms with Gasteiger partial charge in [0.2, 0.25) is 5.91 Å². The van der Waals surface area contributed by atoms with E-state index in [0.717, 1.165) is 18.4 Å². The third-order valence-corrected chi connectivity index (χ3v) is 3.34. The van der Waals surface area contributed by atoms with E-state index in [2.05, 4.69) is 5.32 Å². The molecule has 1 amide bonds. The van der Waals surface area contributed by atoms with E-state index in [0.29, 0.717) is 30.6 Å². The Labute approximate surface area is 119 Å². The molecule has 1 unspecified atom stereocenters. The van der Waals surface area contributed by atoms with Crippen LogP contribution in [0.25, 0.3) is 0 Å². The highest BCUT2D eigenvalue weighted by atomic mass is 16.5. The zero-order valence-corrected chi connectivity index (χ0v) is 12.0.